The van der Waals surface area contributed by atoms with Gasteiger partial charge in [0.05, 0.1) is 22.7 Å². The zero-order chi connectivity index (χ0) is 14.3. The summed E-state index contributed by atoms with van der Waals surface area (Å²) in [6, 6.07) is 14.1. The van der Waals surface area contributed by atoms with Crippen molar-refractivity contribution in [1.29, 1.82) is 5.26 Å². The molecular formula is C17H15N3. The molecule has 0 aliphatic heterocycles. The van der Waals surface area contributed by atoms with Crippen LogP contribution in [-0.2, 0) is 7.05 Å². The number of nitriles is 1. The second kappa shape index (κ2) is 4.50. The number of rotatable bonds is 1. The maximum absolute atomic E-state index is 8.98. The van der Waals surface area contributed by atoms with Crippen molar-refractivity contribution in [2.24, 2.45) is 7.05 Å². The molecule has 0 spiro atoms. The SMILES string of the molecule is Cc1ccc(-c2nc3cc(C#N)ccc3n2C)c(C)c1. The van der Waals surface area contributed by atoms with E-state index in [-0.39, 0.29) is 0 Å². The molecule has 0 aliphatic carbocycles. The van der Waals surface area contributed by atoms with Gasteiger partial charge in [-0.1, -0.05) is 23.8 Å². The summed E-state index contributed by atoms with van der Waals surface area (Å²) in [5.74, 6) is 0.938. The van der Waals surface area contributed by atoms with Crippen molar-refractivity contribution in [3.05, 3.63) is 53.1 Å². The van der Waals surface area contributed by atoms with Crippen LogP contribution in [0.2, 0.25) is 0 Å². The number of hydrogen-bond donors (Lipinski definition) is 0. The Labute approximate surface area is 118 Å². The smallest absolute Gasteiger partial charge is 0.141 e. The van der Waals surface area contributed by atoms with Crippen molar-refractivity contribution >= 4 is 11.0 Å². The highest BCUT2D eigenvalue weighted by molar-refractivity contribution is 5.82. The highest BCUT2D eigenvalue weighted by Gasteiger charge is 2.12. The number of benzene rings is 2. The predicted octanol–water partition coefficient (Wildman–Crippen LogP) is 3.73. The van der Waals surface area contributed by atoms with Crippen LogP contribution in [-0.4, -0.2) is 9.55 Å². The minimum Gasteiger partial charge on any atom is -0.327 e. The molecule has 0 bridgehead atoms. The van der Waals surface area contributed by atoms with Gasteiger partial charge >= 0.3 is 0 Å². The van der Waals surface area contributed by atoms with Gasteiger partial charge in [0.1, 0.15) is 5.82 Å². The summed E-state index contributed by atoms with van der Waals surface area (Å²) in [6.07, 6.45) is 0. The lowest BCUT2D eigenvalue weighted by atomic mass is 10.1. The Morgan fingerprint density at radius 1 is 1.10 bits per heavy atom. The van der Waals surface area contributed by atoms with Gasteiger partial charge in [0.2, 0.25) is 0 Å². The summed E-state index contributed by atoms with van der Waals surface area (Å²) in [4.78, 5) is 4.69. The first kappa shape index (κ1) is 12.4. The van der Waals surface area contributed by atoms with Crippen LogP contribution in [0.3, 0.4) is 0 Å². The molecular weight excluding hydrogens is 246 g/mol. The standard InChI is InChI=1S/C17H15N3/c1-11-4-6-14(12(2)8-11)17-19-15-9-13(10-18)5-7-16(15)20(17)3/h4-9H,1-3H3. The Morgan fingerprint density at radius 3 is 2.60 bits per heavy atom. The van der Waals surface area contributed by atoms with Gasteiger partial charge in [0.25, 0.3) is 0 Å². The molecule has 3 nitrogen and oxygen atoms in total. The Kier molecular flexibility index (Phi) is 2.80. The van der Waals surface area contributed by atoms with Crippen molar-refractivity contribution in [3.63, 3.8) is 0 Å². The second-order valence-corrected chi connectivity index (χ2v) is 5.13. The summed E-state index contributed by atoms with van der Waals surface area (Å²) in [5.41, 5.74) is 6.14. The minimum absolute atomic E-state index is 0.641. The molecule has 2 aromatic carbocycles. The van der Waals surface area contributed by atoms with Crippen LogP contribution in [0.5, 0.6) is 0 Å². The van der Waals surface area contributed by atoms with E-state index in [9.17, 15) is 0 Å². The van der Waals surface area contributed by atoms with Gasteiger partial charge < -0.3 is 4.57 Å². The summed E-state index contributed by atoms with van der Waals surface area (Å²) < 4.78 is 2.08. The highest BCUT2D eigenvalue weighted by atomic mass is 15.1. The van der Waals surface area contributed by atoms with Crippen LogP contribution in [0, 0.1) is 25.2 Å². The first-order valence-corrected chi connectivity index (χ1v) is 6.54. The van der Waals surface area contributed by atoms with Crippen LogP contribution in [0.4, 0.5) is 0 Å². The maximum Gasteiger partial charge on any atom is 0.141 e. The van der Waals surface area contributed by atoms with Crippen molar-refractivity contribution in [3.8, 4) is 17.5 Å². The number of fused-ring (bicyclic) bond motifs is 1. The van der Waals surface area contributed by atoms with Crippen LogP contribution in [0.15, 0.2) is 36.4 Å². The number of nitrogens with zero attached hydrogens (tertiary/aromatic N) is 3. The van der Waals surface area contributed by atoms with Gasteiger partial charge in [0.15, 0.2) is 0 Å². The van der Waals surface area contributed by atoms with Gasteiger partial charge in [0, 0.05) is 12.6 Å². The van der Waals surface area contributed by atoms with Crippen molar-refractivity contribution in [2.45, 2.75) is 13.8 Å². The third-order valence-corrected chi connectivity index (χ3v) is 3.63. The lowest BCUT2D eigenvalue weighted by Gasteiger charge is -2.07. The average Bonchev–Trinajstić information content (AvgIpc) is 2.75. The second-order valence-electron chi connectivity index (χ2n) is 5.13. The van der Waals surface area contributed by atoms with E-state index in [1.807, 2.05) is 25.2 Å². The number of aryl methyl sites for hydroxylation is 3. The molecule has 1 aromatic heterocycles. The topological polar surface area (TPSA) is 41.6 Å². The van der Waals surface area contributed by atoms with Crippen LogP contribution in [0.25, 0.3) is 22.4 Å². The Hall–Kier alpha value is -2.60. The Balaban J connectivity index is 2.26. The van der Waals surface area contributed by atoms with E-state index >= 15 is 0 Å². The summed E-state index contributed by atoms with van der Waals surface area (Å²) >= 11 is 0. The van der Waals surface area contributed by atoms with Gasteiger partial charge in [-0.2, -0.15) is 5.26 Å². The average molecular weight is 261 g/mol. The molecule has 98 valence electrons. The van der Waals surface area contributed by atoms with Crippen molar-refractivity contribution < 1.29 is 0 Å². The fraction of sp³-hybridized carbons (Fsp3) is 0.176. The number of hydrogen-bond acceptors (Lipinski definition) is 2. The fourth-order valence-corrected chi connectivity index (χ4v) is 2.57. The van der Waals surface area contributed by atoms with Gasteiger partial charge in [-0.3, -0.25) is 0 Å². The Bertz CT molecular complexity index is 851. The van der Waals surface area contributed by atoms with Gasteiger partial charge in [-0.15, -0.1) is 0 Å². The van der Waals surface area contributed by atoms with E-state index in [4.69, 9.17) is 10.2 Å². The first-order valence-electron chi connectivity index (χ1n) is 6.54. The molecule has 0 saturated heterocycles. The lowest BCUT2D eigenvalue weighted by Crippen LogP contribution is -1.94. The molecule has 0 atom stereocenters. The van der Waals surface area contributed by atoms with E-state index in [1.165, 1.54) is 11.1 Å². The third kappa shape index (κ3) is 1.86. The molecule has 0 unspecified atom stereocenters. The molecule has 3 rings (SSSR count). The van der Waals surface area contributed by atoms with E-state index in [1.54, 1.807) is 0 Å². The molecule has 0 saturated carbocycles. The Morgan fingerprint density at radius 2 is 1.90 bits per heavy atom. The molecule has 0 radical (unpaired) electrons. The molecule has 3 aromatic rings. The van der Waals surface area contributed by atoms with Gasteiger partial charge in [-0.05, 0) is 37.6 Å². The summed E-state index contributed by atoms with van der Waals surface area (Å²) in [7, 11) is 2.01. The predicted molar refractivity (Wildman–Crippen MR) is 80.3 cm³/mol. The van der Waals surface area contributed by atoms with E-state index < -0.39 is 0 Å². The molecule has 0 amide bonds. The molecule has 0 N–H and O–H groups in total. The van der Waals surface area contributed by atoms with Gasteiger partial charge in [-0.25, -0.2) is 4.98 Å². The summed E-state index contributed by atoms with van der Waals surface area (Å²) in [5, 5.41) is 8.98. The third-order valence-electron chi connectivity index (χ3n) is 3.63. The van der Waals surface area contributed by atoms with E-state index in [0.717, 1.165) is 22.4 Å². The maximum atomic E-state index is 8.98. The lowest BCUT2D eigenvalue weighted by molar-refractivity contribution is 0.957. The first-order chi connectivity index (χ1) is 9.60. The molecule has 3 heteroatoms. The zero-order valence-corrected chi connectivity index (χ0v) is 11.8. The fourth-order valence-electron chi connectivity index (χ4n) is 2.57. The van der Waals surface area contributed by atoms with Crippen LogP contribution < -0.4 is 0 Å². The van der Waals surface area contributed by atoms with Crippen LogP contribution >= 0.6 is 0 Å². The molecule has 0 aliphatic rings. The van der Waals surface area contributed by atoms with Crippen molar-refractivity contribution in [2.75, 3.05) is 0 Å². The monoisotopic (exact) mass is 261 g/mol. The van der Waals surface area contributed by atoms with E-state index in [0.29, 0.717) is 5.56 Å². The van der Waals surface area contributed by atoms with Crippen molar-refractivity contribution in [1.82, 2.24) is 9.55 Å². The largest absolute Gasteiger partial charge is 0.327 e. The van der Waals surface area contributed by atoms with E-state index in [2.05, 4.69) is 42.7 Å². The molecule has 20 heavy (non-hydrogen) atoms. The summed E-state index contributed by atoms with van der Waals surface area (Å²) in [6.45, 7) is 4.19. The number of imidazole rings is 1. The minimum atomic E-state index is 0.641. The molecule has 0 fully saturated rings. The highest BCUT2D eigenvalue weighted by Crippen LogP contribution is 2.27. The quantitative estimate of drug-likeness (QED) is 0.669. The molecule has 1 heterocycles. The number of aromatic nitrogens is 2. The zero-order valence-electron chi connectivity index (χ0n) is 11.8. The van der Waals surface area contributed by atoms with Crippen LogP contribution in [0.1, 0.15) is 16.7 Å². The normalized spacial score (nSPS) is 10.7.